The topological polar surface area (TPSA) is 58.6 Å². The van der Waals surface area contributed by atoms with Crippen molar-refractivity contribution < 1.29 is 14.3 Å². The van der Waals surface area contributed by atoms with E-state index >= 15 is 0 Å². The number of ether oxygens (including phenoxy) is 1. The Morgan fingerprint density at radius 2 is 2.08 bits per heavy atom. The number of rotatable bonds is 6. The van der Waals surface area contributed by atoms with Crippen molar-refractivity contribution in [1.29, 1.82) is 0 Å². The Balaban J connectivity index is 1.79. The molecule has 0 bridgehead atoms. The van der Waals surface area contributed by atoms with Crippen molar-refractivity contribution in [2.24, 2.45) is 0 Å². The predicted octanol–water partition coefficient (Wildman–Crippen LogP) is 4.11. The fraction of sp³-hybridized carbons (Fsp3) is 0.300. The SMILES string of the molecule is CCC[C@H](C(=O)Nc1ccc(OC)c(Cl)c1)N1Cc2ccccc2C1=O. The van der Waals surface area contributed by atoms with Gasteiger partial charge >= 0.3 is 0 Å². The number of methoxy groups -OCH3 is 1. The van der Waals surface area contributed by atoms with E-state index in [2.05, 4.69) is 5.32 Å². The molecule has 6 heteroatoms. The lowest BCUT2D eigenvalue weighted by Crippen LogP contribution is -2.44. The lowest BCUT2D eigenvalue weighted by Gasteiger charge is -2.26. The lowest BCUT2D eigenvalue weighted by atomic mass is 10.1. The molecule has 0 radical (unpaired) electrons. The third-order valence-electron chi connectivity index (χ3n) is 4.51. The van der Waals surface area contributed by atoms with Crippen LogP contribution in [0.3, 0.4) is 0 Å². The molecule has 1 atom stereocenters. The molecule has 26 heavy (non-hydrogen) atoms. The summed E-state index contributed by atoms with van der Waals surface area (Å²) in [7, 11) is 1.54. The quantitative estimate of drug-likeness (QED) is 0.830. The van der Waals surface area contributed by atoms with Crippen LogP contribution in [0.5, 0.6) is 5.75 Å². The fourth-order valence-corrected chi connectivity index (χ4v) is 3.46. The maximum absolute atomic E-state index is 12.9. The van der Waals surface area contributed by atoms with Gasteiger partial charge in [-0.25, -0.2) is 0 Å². The van der Waals surface area contributed by atoms with Crippen molar-refractivity contribution in [3.8, 4) is 5.75 Å². The molecule has 0 saturated carbocycles. The first-order chi connectivity index (χ1) is 12.5. The van der Waals surface area contributed by atoms with E-state index in [1.807, 2.05) is 31.2 Å². The zero-order valence-electron chi connectivity index (χ0n) is 14.8. The molecule has 2 aromatic carbocycles. The summed E-state index contributed by atoms with van der Waals surface area (Å²) in [6.45, 7) is 2.45. The monoisotopic (exact) mass is 372 g/mol. The number of benzene rings is 2. The van der Waals surface area contributed by atoms with Gasteiger partial charge < -0.3 is 15.0 Å². The number of amides is 2. The standard InChI is InChI=1S/C20H21ClN2O3/c1-3-6-17(23-12-13-7-4-5-8-15(13)20(23)25)19(24)22-14-9-10-18(26-2)16(21)11-14/h4-5,7-11,17H,3,6,12H2,1-2H3,(H,22,24)/t17-/m1/s1. The Hall–Kier alpha value is -2.53. The molecule has 0 spiro atoms. The average Bonchev–Trinajstić information content (AvgIpc) is 2.96. The van der Waals surface area contributed by atoms with Gasteiger partial charge in [-0.1, -0.05) is 43.1 Å². The highest BCUT2D eigenvalue weighted by Gasteiger charge is 2.35. The molecule has 1 aliphatic rings. The largest absolute Gasteiger partial charge is 0.495 e. The van der Waals surface area contributed by atoms with Crippen LogP contribution in [-0.4, -0.2) is 29.9 Å². The van der Waals surface area contributed by atoms with Gasteiger partial charge in [0.1, 0.15) is 11.8 Å². The van der Waals surface area contributed by atoms with E-state index in [0.29, 0.717) is 35.0 Å². The normalized spacial score (nSPS) is 14.1. The molecule has 5 nitrogen and oxygen atoms in total. The van der Waals surface area contributed by atoms with Crippen LogP contribution in [0, 0.1) is 0 Å². The minimum atomic E-state index is -0.527. The summed E-state index contributed by atoms with van der Waals surface area (Å²) in [5.41, 5.74) is 2.21. The maximum atomic E-state index is 12.9. The lowest BCUT2D eigenvalue weighted by molar-refractivity contribution is -0.120. The number of nitrogens with one attached hydrogen (secondary N) is 1. The van der Waals surface area contributed by atoms with Crippen molar-refractivity contribution in [3.05, 3.63) is 58.6 Å². The van der Waals surface area contributed by atoms with Crippen LogP contribution in [0.1, 0.15) is 35.7 Å². The molecular weight excluding hydrogens is 352 g/mol. The minimum Gasteiger partial charge on any atom is -0.495 e. The summed E-state index contributed by atoms with van der Waals surface area (Å²) in [5.74, 6) is 0.233. The van der Waals surface area contributed by atoms with E-state index in [1.165, 1.54) is 7.11 Å². The molecule has 0 unspecified atom stereocenters. The number of halogens is 1. The molecule has 1 N–H and O–H groups in total. The molecule has 2 amide bonds. The zero-order chi connectivity index (χ0) is 18.7. The number of fused-ring (bicyclic) bond motifs is 1. The van der Waals surface area contributed by atoms with Gasteiger partial charge in [0.05, 0.1) is 12.1 Å². The van der Waals surface area contributed by atoms with Gasteiger partial charge in [-0.05, 0) is 36.2 Å². The van der Waals surface area contributed by atoms with Gasteiger partial charge in [-0.2, -0.15) is 0 Å². The van der Waals surface area contributed by atoms with Crippen LogP contribution in [0.2, 0.25) is 5.02 Å². The molecule has 0 saturated heterocycles. The van der Waals surface area contributed by atoms with E-state index in [9.17, 15) is 9.59 Å². The molecule has 0 fully saturated rings. The smallest absolute Gasteiger partial charge is 0.255 e. The maximum Gasteiger partial charge on any atom is 0.255 e. The summed E-state index contributed by atoms with van der Waals surface area (Å²) in [5, 5.41) is 3.29. The van der Waals surface area contributed by atoms with E-state index in [1.54, 1.807) is 23.1 Å². The number of nitrogens with zero attached hydrogens (tertiary/aromatic N) is 1. The van der Waals surface area contributed by atoms with Gasteiger partial charge in [-0.3, -0.25) is 9.59 Å². The number of carbonyl (C=O) groups is 2. The molecule has 1 heterocycles. The second-order valence-corrected chi connectivity index (χ2v) is 6.64. The third kappa shape index (κ3) is 3.53. The van der Waals surface area contributed by atoms with Crippen LogP contribution in [0.4, 0.5) is 5.69 Å². The van der Waals surface area contributed by atoms with Gasteiger partial charge in [0.15, 0.2) is 0 Å². The highest BCUT2D eigenvalue weighted by molar-refractivity contribution is 6.32. The number of hydrogen-bond donors (Lipinski definition) is 1. The summed E-state index contributed by atoms with van der Waals surface area (Å²) < 4.78 is 5.12. The molecule has 3 rings (SSSR count). The van der Waals surface area contributed by atoms with Gasteiger partial charge in [0.2, 0.25) is 5.91 Å². The molecular formula is C20H21ClN2O3. The number of anilines is 1. The Kier molecular flexibility index (Phi) is 5.47. The first kappa shape index (κ1) is 18.3. The van der Waals surface area contributed by atoms with Gasteiger partial charge in [0, 0.05) is 17.8 Å². The number of carbonyl (C=O) groups excluding carboxylic acids is 2. The van der Waals surface area contributed by atoms with Crippen molar-refractivity contribution in [2.75, 3.05) is 12.4 Å². The van der Waals surface area contributed by atoms with Crippen LogP contribution in [0.15, 0.2) is 42.5 Å². The third-order valence-corrected chi connectivity index (χ3v) is 4.81. The van der Waals surface area contributed by atoms with E-state index < -0.39 is 6.04 Å². The Morgan fingerprint density at radius 1 is 1.31 bits per heavy atom. The van der Waals surface area contributed by atoms with Crippen molar-refractivity contribution in [1.82, 2.24) is 4.90 Å². The van der Waals surface area contributed by atoms with E-state index in [4.69, 9.17) is 16.3 Å². The Bertz CT molecular complexity index is 838. The first-order valence-electron chi connectivity index (χ1n) is 8.58. The van der Waals surface area contributed by atoms with E-state index in [0.717, 1.165) is 12.0 Å². The van der Waals surface area contributed by atoms with Crippen molar-refractivity contribution in [3.63, 3.8) is 0 Å². The average molecular weight is 373 g/mol. The predicted molar refractivity (Wildman–Crippen MR) is 102 cm³/mol. The zero-order valence-corrected chi connectivity index (χ0v) is 15.5. The summed E-state index contributed by atoms with van der Waals surface area (Å²) in [6.07, 6.45) is 1.39. The Labute approximate surface area is 157 Å². The number of hydrogen-bond acceptors (Lipinski definition) is 3. The van der Waals surface area contributed by atoms with Gasteiger partial charge in [-0.15, -0.1) is 0 Å². The first-order valence-corrected chi connectivity index (χ1v) is 8.96. The highest BCUT2D eigenvalue weighted by Crippen LogP contribution is 2.29. The van der Waals surface area contributed by atoms with Crippen LogP contribution < -0.4 is 10.1 Å². The minimum absolute atomic E-state index is 0.0954. The molecule has 0 aromatic heterocycles. The highest BCUT2D eigenvalue weighted by atomic mass is 35.5. The second kappa shape index (κ2) is 7.79. The second-order valence-electron chi connectivity index (χ2n) is 6.23. The molecule has 1 aliphatic heterocycles. The van der Waals surface area contributed by atoms with E-state index in [-0.39, 0.29) is 11.8 Å². The molecule has 0 aliphatic carbocycles. The van der Waals surface area contributed by atoms with Crippen LogP contribution in [0.25, 0.3) is 0 Å². The summed E-state index contributed by atoms with van der Waals surface area (Å²) in [4.78, 5) is 27.2. The van der Waals surface area contributed by atoms with Gasteiger partial charge in [0.25, 0.3) is 5.91 Å². The Morgan fingerprint density at radius 3 is 2.73 bits per heavy atom. The van der Waals surface area contributed by atoms with Crippen molar-refractivity contribution >= 4 is 29.1 Å². The molecule has 136 valence electrons. The van der Waals surface area contributed by atoms with Crippen LogP contribution in [-0.2, 0) is 11.3 Å². The summed E-state index contributed by atoms with van der Waals surface area (Å²) >= 11 is 6.12. The summed E-state index contributed by atoms with van der Waals surface area (Å²) in [6, 6.07) is 12.0. The molecule has 2 aromatic rings. The van der Waals surface area contributed by atoms with Crippen LogP contribution >= 0.6 is 11.6 Å². The fourth-order valence-electron chi connectivity index (χ4n) is 3.20. The van der Waals surface area contributed by atoms with Crippen molar-refractivity contribution in [2.45, 2.75) is 32.4 Å².